The van der Waals surface area contributed by atoms with Crippen LogP contribution in [-0.4, -0.2) is 9.78 Å². The standard InChI is InChI=1S/C15H17Cl2N3O2/c1-7(2)9-5-12(19-20(4)15(9)21)22-14-10(16)6-11(18)8(3)13(14)17/h5-7H,18H2,1-4H3. The molecule has 0 amide bonds. The maximum Gasteiger partial charge on any atom is 0.270 e. The molecule has 5 nitrogen and oxygen atoms in total. The Balaban J connectivity index is 2.53. The van der Waals surface area contributed by atoms with Crippen molar-refractivity contribution in [2.45, 2.75) is 26.7 Å². The van der Waals surface area contributed by atoms with E-state index in [0.29, 0.717) is 21.8 Å². The number of hydrogen-bond donors (Lipinski definition) is 1. The normalized spacial score (nSPS) is 11.0. The van der Waals surface area contributed by atoms with Gasteiger partial charge in [-0.2, -0.15) is 0 Å². The average Bonchev–Trinajstić information content (AvgIpc) is 2.44. The van der Waals surface area contributed by atoms with E-state index in [9.17, 15) is 4.79 Å². The van der Waals surface area contributed by atoms with Gasteiger partial charge in [-0.25, -0.2) is 4.68 Å². The van der Waals surface area contributed by atoms with Crippen molar-refractivity contribution in [1.82, 2.24) is 9.78 Å². The van der Waals surface area contributed by atoms with Crippen molar-refractivity contribution in [2.24, 2.45) is 7.05 Å². The number of rotatable bonds is 3. The highest BCUT2D eigenvalue weighted by atomic mass is 35.5. The molecule has 2 N–H and O–H groups in total. The Kier molecular flexibility index (Phi) is 4.68. The molecule has 118 valence electrons. The first kappa shape index (κ1) is 16.6. The van der Waals surface area contributed by atoms with Crippen molar-refractivity contribution in [2.75, 3.05) is 5.73 Å². The second kappa shape index (κ2) is 6.18. The van der Waals surface area contributed by atoms with Crippen LogP contribution in [0.4, 0.5) is 5.69 Å². The van der Waals surface area contributed by atoms with E-state index in [1.165, 1.54) is 4.68 Å². The monoisotopic (exact) mass is 341 g/mol. The fourth-order valence-electron chi connectivity index (χ4n) is 1.98. The number of ether oxygens (including phenoxy) is 1. The first-order valence-electron chi connectivity index (χ1n) is 6.72. The van der Waals surface area contributed by atoms with Gasteiger partial charge in [-0.3, -0.25) is 4.79 Å². The third-order valence-corrected chi connectivity index (χ3v) is 4.09. The van der Waals surface area contributed by atoms with E-state index in [-0.39, 0.29) is 28.1 Å². The molecular formula is C15H17Cl2N3O2. The average molecular weight is 342 g/mol. The lowest BCUT2D eigenvalue weighted by Crippen LogP contribution is -2.24. The van der Waals surface area contributed by atoms with Crippen LogP contribution in [0, 0.1) is 6.92 Å². The maximum atomic E-state index is 12.0. The Hall–Kier alpha value is -1.72. The van der Waals surface area contributed by atoms with Gasteiger partial charge in [0.2, 0.25) is 5.88 Å². The molecule has 1 heterocycles. The summed E-state index contributed by atoms with van der Waals surface area (Å²) >= 11 is 12.4. The number of nitrogens with zero attached hydrogens (tertiary/aromatic N) is 2. The zero-order valence-electron chi connectivity index (χ0n) is 12.8. The van der Waals surface area contributed by atoms with Gasteiger partial charge < -0.3 is 10.5 Å². The molecule has 1 aromatic carbocycles. The third kappa shape index (κ3) is 3.05. The molecular weight excluding hydrogens is 325 g/mol. The van der Waals surface area contributed by atoms with Crippen molar-refractivity contribution in [3.05, 3.63) is 43.7 Å². The highest BCUT2D eigenvalue weighted by Crippen LogP contribution is 2.40. The fourth-order valence-corrected chi connectivity index (χ4v) is 2.53. The van der Waals surface area contributed by atoms with Crippen LogP contribution in [-0.2, 0) is 7.05 Å². The highest BCUT2D eigenvalue weighted by molar-refractivity contribution is 6.38. The van der Waals surface area contributed by atoms with Crippen molar-refractivity contribution in [3.63, 3.8) is 0 Å². The van der Waals surface area contributed by atoms with Crippen molar-refractivity contribution >= 4 is 28.9 Å². The van der Waals surface area contributed by atoms with Crippen LogP contribution in [0.2, 0.25) is 10.0 Å². The molecule has 2 aromatic rings. The topological polar surface area (TPSA) is 70.1 Å². The van der Waals surface area contributed by atoms with Crippen LogP contribution in [0.1, 0.15) is 30.9 Å². The number of anilines is 1. The largest absolute Gasteiger partial charge is 0.434 e. The van der Waals surface area contributed by atoms with Crippen molar-refractivity contribution in [3.8, 4) is 11.6 Å². The highest BCUT2D eigenvalue weighted by Gasteiger charge is 2.17. The van der Waals surface area contributed by atoms with Crippen LogP contribution in [0.15, 0.2) is 16.9 Å². The third-order valence-electron chi connectivity index (χ3n) is 3.36. The summed E-state index contributed by atoms with van der Waals surface area (Å²) in [6, 6.07) is 3.18. The molecule has 0 bridgehead atoms. The maximum absolute atomic E-state index is 12.0. The van der Waals surface area contributed by atoms with Gasteiger partial charge in [0.25, 0.3) is 5.56 Å². The summed E-state index contributed by atoms with van der Waals surface area (Å²) < 4.78 is 6.94. The predicted molar refractivity (Wildman–Crippen MR) is 89.3 cm³/mol. The molecule has 0 fully saturated rings. The lowest BCUT2D eigenvalue weighted by Gasteiger charge is -2.14. The van der Waals surface area contributed by atoms with Gasteiger partial charge in [0.1, 0.15) is 0 Å². The van der Waals surface area contributed by atoms with E-state index in [0.717, 1.165) is 0 Å². The van der Waals surface area contributed by atoms with E-state index < -0.39 is 0 Å². The van der Waals surface area contributed by atoms with E-state index in [2.05, 4.69) is 5.10 Å². The minimum Gasteiger partial charge on any atom is -0.434 e. The number of aromatic nitrogens is 2. The molecule has 0 saturated carbocycles. The molecule has 7 heteroatoms. The van der Waals surface area contributed by atoms with E-state index >= 15 is 0 Å². The number of benzene rings is 1. The lowest BCUT2D eigenvalue weighted by atomic mass is 10.1. The summed E-state index contributed by atoms with van der Waals surface area (Å²) in [5.74, 6) is 0.567. The molecule has 0 aliphatic heterocycles. The van der Waals surface area contributed by atoms with E-state index in [4.69, 9.17) is 33.7 Å². The second-order valence-electron chi connectivity index (χ2n) is 5.34. The Morgan fingerprint density at radius 2 is 1.95 bits per heavy atom. The minimum absolute atomic E-state index is 0.0446. The summed E-state index contributed by atoms with van der Waals surface area (Å²) in [7, 11) is 1.57. The van der Waals surface area contributed by atoms with Gasteiger partial charge in [-0.15, -0.1) is 5.10 Å². The lowest BCUT2D eigenvalue weighted by molar-refractivity contribution is 0.437. The smallest absolute Gasteiger partial charge is 0.270 e. The Morgan fingerprint density at radius 3 is 2.55 bits per heavy atom. The summed E-state index contributed by atoms with van der Waals surface area (Å²) in [6.45, 7) is 5.62. The zero-order chi connectivity index (χ0) is 16.6. The second-order valence-corrected chi connectivity index (χ2v) is 6.12. The molecule has 0 atom stereocenters. The van der Waals surface area contributed by atoms with Crippen LogP contribution in [0.5, 0.6) is 11.6 Å². The first-order valence-corrected chi connectivity index (χ1v) is 7.48. The van der Waals surface area contributed by atoms with Crippen LogP contribution in [0.3, 0.4) is 0 Å². The summed E-state index contributed by atoms with van der Waals surface area (Å²) in [4.78, 5) is 12.0. The molecule has 1 aromatic heterocycles. The number of nitrogen functional groups attached to an aromatic ring is 1. The van der Waals surface area contributed by atoms with Gasteiger partial charge >= 0.3 is 0 Å². The first-order chi connectivity index (χ1) is 10.2. The number of halogens is 2. The predicted octanol–water partition coefficient (Wildman–Crippen LogP) is 3.89. The SMILES string of the molecule is Cc1c(N)cc(Cl)c(Oc2cc(C(C)C)c(=O)n(C)n2)c1Cl. The minimum atomic E-state index is -0.159. The van der Waals surface area contributed by atoms with Crippen LogP contribution in [0.25, 0.3) is 0 Å². The molecule has 0 aliphatic carbocycles. The Bertz CT molecular complexity index is 785. The molecule has 22 heavy (non-hydrogen) atoms. The summed E-state index contributed by atoms with van der Waals surface area (Å²) in [6.07, 6.45) is 0. The van der Waals surface area contributed by atoms with Crippen LogP contribution >= 0.6 is 23.2 Å². The van der Waals surface area contributed by atoms with Gasteiger partial charge in [-0.05, 0) is 24.5 Å². The Morgan fingerprint density at radius 1 is 1.32 bits per heavy atom. The molecule has 0 radical (unpaired) electrons. The molecule has 0 saturated heterocycles. The summed E-state index contributed by atoms with van der Waals surface area (Å²) in [5, 5.41) is 4.69. The van der Waals surface area contributed by atoms with E-state index in [1.54, 1.807) is 26.1 Å². The molecule has 0 aliphatic rings. The van der Waals surface area contributed by atoms with Crippen LogP contribution < -0.4 is 16.0 Å². The van der Waals surface area contributed by atoms with Gasteiger partial charge in [0, 0.05) is 24.4 Å². The molecule has 2 rings (SSSR count). The van der Waals surface area contributed by atoms with Crippen molar-refractivity contribution in [1.29, 1.82) is 0 Å². The Labute approximate surface area is 138 Å². The number of aryl methyl sites for hydroxylation is 1. The van der Waals surface area contributed by atoms with E-state index in [1.807, 2.05) is 13.8 Å². The van der Waals surface area contributed by atoms with Gasteiger partial charge in [-0.1, -0.05) is 37.0 Å². The summed E-state index contributed by atoms with van der Waals surface area (Å²) in [5.41, 5.74) is 7.41. The number of nitrogens with two attached hydrogens (primary N) is 1. The molecule has 0 unspecified atom stereocenters. The van der Waals surface area contributed by atoms with Crippen molar-refractivity contribution < 1.29 is 4.74 Å². The molecule has 0 spiro atoms. The number of hydrogen-bond acceptors (Lipinski definition) is 4. The van der Waals surface area contributed by atoms with Gasteiger partial charge in [0.05, 0.1) is 10.0 Å². The quantitative estimate of drug-likeness (QED) is 0.859. The van der Waals surface area contributed by atoms with Gasteiger partial charge in [0.15, 0.2) is 5.75 Å². The fraction of sp³-hybridized carbons (Fsp3) is 0.333. The zero-order valence-corrected chi connectivity index (χ0v) is 14.3.